The molecule has 0 radical (unpaired) electrons. The average Bonchev–Trinajstić information content (AvgIpc) is 3.04. The maximum Gasteiger partial charge on any atom is 0.274 e. The van der Waals surface area contributed by atoms with Crippen molar-refractivity contribution in [1.29, 1.82) is 0 Å². The van der Waals surface area contributed by atoms with Gasteiger partial charge in [0.25, 0.3) is 5.91 Å². The first kappa shape index (κ1) is 15.6. The van der Waals surface area contributed by atoms with Crippen LogP contribution in [0.5, 0.6) is 5.75 Å². The van der Waals surface area contributed by atoms with Crippen LogP contribution in [0.2, 0.25) is 0 Å². The molecule has 0 aliphatic carbocycles. The van der Waals surface area contributed by atoms with Gasteiger partial charge in [0.2, 0.25) is 0 Å². The molecular weight excluding hydrogens is 292 g/mol. The Balaban J connectivity index is 1.86. The van der Waals surface area contributed by atoms with E-state index in [0.29, 0.717) is 12.2 Å². The summed E-state index contributed by atoms with van der Waals surface area (Å²) in [5.74, 6) is 0.656. The fourth-order valence-electron chi connectivity index (χ4n) is 2.91. The molecule has 23 heavy (non-hydrogen) atoms. The zero-order valence-corrected chi connectivity index (χ0v) is 13.5. The van der Waals surface area contributed by atoms with Crippen molar-refractivity contribution >= 4 is 5.91 Å². The van der Waals surface area contributed by atoms with E-state index in [1.165, 1.54) is 0 Å². The van der Waals surface area contributed by atoms with Crippen LogP contribution < -0.4 is 10.5 Å². The highest BCUT2D eigenvalue weighted by Gasteiger charge is 2.24. The highest BCUT2D eigenvalue weighted by atomic mass is 16.5. The number of rotatable bonds is 3. The van der Waals surface area contributed by atoms with E-state index >= 15 is 0 Å². The maximum absolute atomic E-state index is 12.6. The SMILES string of the molecule is COc1ccc(C)cc1-n1ccc(C(=O)N2CCCC(N)C2)n1. The lowest BCUT2D eigenvalue weighted by Crippen LogP contribution is -2.45. The molecular formula is C17H22N4O2. The van der Waals surface area contributed by atoms with Crippen molar-refractivity contribution in [2.45, 2.75) is 25.8 Å². The number of benzene rings is 1. The fraction of sp³-hybridized carbons (Fsp3) is 0.412. The van der Waals surface area contributed by atoms with Crippen LogP contribution in [0.4, 0.5) is 0 Å². The summed E-state index contributed by atoms with van der Waals surface area (Å²) in [7, 11) is 1.62. The normalized spacial score (nSPS) is 18.0. The Hall–Kier alpha value is -2.34. The van der Waals surface area contributed by atoms with E-state index in [1.54, 1.807) is 29.0 Å². The number of piperidine rings is 1. The first-order valence-electron chi connectivity index (χ1n) is 7.84. The second-order valence-corrected chi connectivity index (χ2v) is 5.97. The van der Waals surface area contributed by atoms with Gasteiger partial charge in [0.1, 0.15) is 11.4 Å². The largest absolute Gasteiger partial charge is 0.494 e. The molecule has 122 valence electrons. The Morgan fingerprint density at radius 1 is 1.39 bits per heavy atom. The van der Waals surface area contributed by atoms with Crippen LogP contribution in [0.3, 0.4) is 0 Å². The number of methoxy groups -OCH3 is 1. The quantitative estimate of drug-likeness (QED) is 0.937. The zero-order chi connectivity index (χ0) is 16.4. The van der Waals surface area contributed by atoms with Crippen molar-refractivity contribution in [2.75, 3.05) is 20.2 Å². The Kier molecular flexibility index (Phi) is 4.34. The number of ether oxygens (including phenoxy) is 1. The van der Waals surface area contributed by atoms with Crippen molar-refractivity contribution in [3.63, 3.8) is 0 Å². The van der Waals surface area contributed by atoms with Crippen molar-refractivity contribution < 1.29 is 9.53 Å². The number of nitrogens with two attached hydrogens (primary N) is 1. The third-order valence-electron chi connectivity index (χ3n) is 4.13. The molecule has 2 aromatic rings. The van der Waals surface area contributed by atoms with Crippen molar-refractivity contribution in [3.8, 4) is 11.4 Å². The van der Waals surface area contributed by atoms with Crippen LogP contribution in [0.25, 0.3) is 5.69 Å². The molecule has 2 heterocycles. The van der Waals surface area contributed by atoms with Crippen LogP contribution in [-0.2, 0) is 0 Å². The summed E-state index contributed by atoms with van der Waals surface area (Å²) < 4.78 is 7.07. The van der Waals surface area contributed by atoms with Gasteiger partial charge >= 0.3 is 0 Å². The van der Waals surface area contributed by atoms with E-state index in [2.05, 4.69) is 5.10 Å². The van der Waals surface area contributed by atoms with E-state index in [-0.39, 0.29) is 11.9 Å². The molecule has 1 fully saturated rings. The molecule has 1 aromatic carbocycles. The lowest BCUT2D eigenvalue weighted by Gasteiger charge is -2.30. The topological polar surface area (TPSA) is 73.4 Å². The molecule has 2 N–H and O–H groups in total. The predicted molar refractivity (Wildman–Crippen MR) is 88.0 cm³/mol. The molecule has 0 bridgehead atoms. The number of amides is 1. The number of likely N-dealkylation sites (tertiary alicyclic amines) is 1. The summed E-state index contributed by atoms with van der Waals surface area (Å²) in [4.78, 5) is 14.4. The summed E-state index contributed by atoms with van der Waals surface area (Å²) in [6, 6.07) is 7.66. The highest BCUT2D eigenvalue weighted by molar-refractivity contribution is 5.92. The summed E-state index contributed by atoms with van der Waals surface area (Å²) in [5.41, 5.74) is 8.31. The molecule has 1 atom stereocenters. The monoisotopic (exact) mass is 314 g/mol. The van der Waals surface area contributed by atoms with Crippen LogP contribution >= 0.6 is 0 Å². The predicted octanol–water partition coefficient (Wildman–Crippen LogP) is 1.75. The Labute approximate surface area is 135 Å². The number of aryl methyl sites for hydroxylation is 1. The third kappa shape index (κ3) is 3.22. The molecule has 1 aliphatic rings. The summed E-state index contributed by atoms with van der Waals surface area (Å²) in [5, 5.41) is 4.44. The van der Waals surface area contributed by atoms with Gasteiger partial charge in [-0.3, -0.25) is 4.79 Å². The van der Waals surface area contributed by atoms with Crippen LogP contribution in [-0.4, -0.2) is 46.8 Å². The minimum absolute atomic E-state index is 0.0617. The third-order valence-corrected chi connectivity index (χ3v) is 4.13. The Morgan fingerprint density at radius 2 is 2.22 bits per heavy atom. The van der Waals surface area contributed by atoms with Gasteiger partial charge in [0.15, 0.2) is 5.69 Å². The van der Waals surface area contributed by atoms with Crippen molar-refractivity contribution in [3.05, 3.63) is 41.7 Å². The molecule has 1 unspecified atom stereocenters. The fourth-order valence-corrected chi connectivity index (χ4v) is 2.91. The second-order valence-electron chi connectivity index (χ2n) is 5.97. The number of hydrogen-bond donors (Lipinski definition) is 1. The van der Waals surface area contributed by atoms with Gasteiger partial charge in [-0.05, 0) is 43.5 Å². The van der Waals surface area contributed by atoms with E-state index in [0.717, 1.165) is 36.4 Å². The lowest BCUT2D eigenvalue weighted by molar-refractivity contribution is 0.0702. The standard InChI is InChI=1S/C17H22N4O2/c1-12-5-6-16(23-2)15(10-12)21-9-7-14(19-21)17(22)20-8-3-4-13(18)11-20/h5-7,9-10,13H,3-4,8,11,18H2,1-2H3. The van der Waals surface area contributed by atoms with Gasteiger partial charge in [-0.15, -0.1) is 0 Å². The number of carbonyl (C=O) groups is 1. The number of aromatic nitrogens is 2. The minimum Gasteiger partial charge on any atom is -0.494 e. The lowest BCUT2D eigenvalue weighted by atomic mass is 10.1. The van der Waals surface area contributed by atoms with Crippen LogP contribution in [0.15, 0.2) is 30.5 Å². The minimum atomic E-state index is -0.0643. The summed E-state index contributed by atoms with van der Waals surface area (Å²) in [6.45, 7) is 3.35. The highest BCUT2D eigenvalue weighted by Crippen LogP contribution is 2.23. The van der Waals surface area contributed by atoms with Crippen molar-refractivity contribution in [2.24, 2.45) is 5.73 Å². The second kappa shape index (κ2) is 6.42. The Bertz CT molecular complexity index is 710. The number of nitrogens with zero attached hydrogens (tertiary/aromatic N) is 3. The van der Waals surface area contributed by atoms with Crippen LogP contribution in [0, 0.1) is 6.92 Å². The van der Waals surface area contributed by atoms with Gasteiger partial charge in [0.05, 0.1) is 7.11 Å². The first-order chi connectivity index (χ1) is 11.1. The zero-order valence-electron chi connectivity index (χ0n) is 13.5. The smallest absolute Gasteiger partial charge is 0.274 e. The van der Waals surface area contributed by atoms with E-state index in [9.17, 15) is 4.79 Å². The number of hydrogen-bond acceptors (Lipinski definition) is 4. The average molecular weight is 314 g/mol. The molecule has 1 saturated heterocycles. The molecule has 3 rings (SSSR count). The van der Waals surface area contributed by atoms with Gasteiger partial charge in [0, 0.05) is 25.3 Å². The van der Waals surface area contributed by atoms with Gasteiger partial charge in [-0.1, -0.05) is 6.07 Å². The molecule has 6 nitrogen and oxygen atoms in total. The molecule has 1 amide bonds. The molecule has 0 spiro atoms. The first-order valence-corrected chi connectivity index (χ1v) is 7.84. The van der Waals surface area contributed by atoms with Gasteiger partial charge < -0.3 is 15.4 Å². The van der Waals surface area contributed by atoms with Gasteiger partial charge in [-0.2, -0.15) is 5.10 Å². The van der Waals surface area contributed by atoms with E-state index in [4.69, 9.17) is 10.5 Å². The van der Waals surface area contributed by atoms with Crippen molar-refractivity contribution in [1.82, 2.24) is 14.7 Å². The van der Waals surface area contributed by atoms with E-state index in [1.807, 2.05) is 25.1 Å². The van der Waals surface area contributed by atoms with Gasteiger partial charge in [-0.25, -0.2) is 4.68 Å². The van der Waals surface area contributed by atoms with Crippen LogP contribution in [0.1, 0.15) is 28.9 Å². The molecule has 1 aliphatic heterocycles. The molecule has 6 heteroatoms. The molecule has 1 aromatic heterocycles. The maximum atomic E-state index is 12.6. The molecule has 0 saturated carbocycles. The summed E-state index contributed by atoms with van der Waals surface area (Å²) >= 11 is 0. The Morgan fingerprint density at radius 3 is 2.96 bits per heavy atom. The van der Waals surface area contributed by atoms with E-state index < -0.39 is 0 Å². The number of carbonyl (C=O) groups excluding carboxylic acids is 1. The summed E-state index contributed by atoms with van der Waals surface area (Å²) in [6.07, 6.45) is 3.70.